The van der Waals surface area contributed by atoms with Gasteiger partial charge in [-0.05, 0) is 49.9 Å². The number of rotatable bonds is 4. The molecule has 0 radical (unpaired) electrons. The molecule has 7 heteroatoms. The van der Waals surface area contributed by atoms with E-state index in [0.717, 1.165) is 28.1 Å². The van der Waals surface area contributed by atoms with Crippen molar-refractivity contribution in [2.45, 2.75) is 31.3 Å². The minimum atomic E-state index is -0.276. The van der Waals surface area contributed by atoms with Gasteiger partial charge >= 0.3 is 0 Å². The lowest BCUT2D eigenvalue weighted by atomic mass is 10.0. The molecule has 122 valence electrons. The van der Waals surface area contributed by atoms with Crippen molar-refractivity contribution >= 4 is 35.0 Å². The van der Waals surface area contributed by atoms with Crippen molar-refractivity contribution in [2.75, 3.05) is 13.6 Å². The number of hydrogen-bond acceptors (Lipinski definition) is 3. The molecule has 1 saturated heterocycles. The number of aromatic nitrogens is 1. The maximum absolute atomic E-state index is 14.3. The summed E-state index contributed by atoms with van der Waals surface area (Å²) in [6, 6.07) is 3.98. The number of nitrogens with zero attached hydrogens (tertiary/aromatic N) is 3. The van der Waals surface area contributed by atoms with E-state index in [1.165, 1.54) is 18.8 Å². The fourth-order valence-corrected chi connectivity index (χ4v) is 3.74. The smallest absolute Gasteiger partial charge is 0.147 e. The third kappa shape index (κ3) is 2.98. The molecule has 1 atom stereocenters. The molecule has 5 nitrogen and oxygen atoms in total. The van der Waals surface area contributed by atoms with E-state index < -0.39 is 0 Å². The predicted molar refractivity (Wildman–Crippen MR) is 94.8 cm³/mol. The Morgan fingerprint density at radius 3 is 2.91 bits per heavy atom. The van der Waals surface area contributed by atoms with Gasteiger partial charge in [0.15, 0.2) is 0 Å². The Morgan fingerprint density at radius 2 is 2.30 bits per heavy atom. The van der Waals surface area contributed by atoms with E-state index >= 15 is 0 Å². The van der Waals surface area contributed by atoms with Crippen molar-refractivity contribution < 1.29 is 4.39 Å². The van der Waals surface area contributed by atoms with Crippen LogP contribution < -0.4 is 5.73 Å². The highest BCUT2D eigenvalue weighted by atomic mass is 32.2. The van der Waals surface area contributed by atoms with Gasteiger partial charge in [0.05, 0.1) is 10.5 Å². The number of H-pyrrole nitrogens is 1. The molecule has 0 aliphatic carbocycles. The summed E-state index contributed by atoms with van der Waals surface area (Å²) in [5, 5.41) is 1.66. The molecule has 2 aromatic rings. The second kappa shape index (κ2) is 6.33. The van der Waals surface area contributed by atoms with Gasteiger partial charge in [0.2, 0.25) is 0 Å². The lowest BCUT2D eigenvalue weighted by Gasteiger charge is -2.36. The van der Waals surface area contributed by atoms with Crippen LogP contribution >= 0.6 is 11.9 Å². The van der Waals surface area contributed by atoms with Crippen LogP contribution in [0.1, 0.15) is 24.5 Å². The van der Waals surface area contributed by atoms with Gasteiger partial charge in [-0.2, -0.15) is 0 Å². The molecule has 3 rings (SSSR count). The van der Waals surface area contributed by atoms with Gasteiger partial charge in [0, 0.05) is 30.6 Å². The van der Waals surface area contributed by atoms with Crippen LogP contribution in [0.25, 0.3) is 10.9 Å². The summed E-state index contributed by atoms with van der Waals surface area (Å²) in [5.74, 6) is 0.0627. The monoisotopic (exact) mass is 333 g/mol. The highest BCUT2D eigenvalue weighted by molar-refractivity contribution is 7.97. The second-order valence-electron chi connectivity index (χ2n) is 5.73. The van der Waals surface area contributed by atoms with E-state index in [0.29, 0.717) is 17.4 Å². The van der Waals surface area contributed by atoms with E-state index in [-0.39, 0.29) is 5.82 Å². The molecule has 2 heterocycles. The molecule has 0 bridgehead atoms. The molecule has 0 spiro atoms. The zero-order chi connectivity index (χ0) is 16.6. The van der Waals surface area contributed by atoms with Gasteiger partial charge in [-0.3, -0.25) is 4.99 Å². The van der Waals surface area contributed by atoms with Crippen molar-refractivity contribution in [3.8, 4) is 0 Å². The molecule has 1 fully saturated rings. The average molecular weight is 333 g/mol. The number of fused-ring (bicyclic) bond motifs is 1. The zero-order valence-electron chi connectivity index (χ0n) is 13.4. The van der Waals surface area contributed by atoms with Crippen molar-refractivity contribution in [3.05, 3.63) is 29.1 Å². The number of nitrogens with two attached hydrogens (primary N) is 1. The molecule has 1 unspecified atom stereocenters. The van der Waals surface area contributed by atoms with E-state index in [1.807, 2.05) is 13.0 Å². The highest BCUT2D eigenvalue weighted by Gasteiger charge is 2.25. The summed E-state index contributed by atoms with van der Waals surface area (Å²) in [6.45, 7) is 5.07. The molecular formula is C16H20FN5S. The molecule has 1 aliphatic heterocycles. The number of hydrogen-bond donors (Lipinski definition) is 2. The van der Waals surface area contributed by atoms with E-state index in [4.69, 9.17) is 5.73 Å². The van der Waals surface area contributed by atoms with Crippen LogP contribution in [0.3, 0.4) is 0 Å². The molecule has 23 heavy (non-hydrogen) atoms. The normalized spacial score (nSPS) is 19.7. The minimum Gasteiger partial charge on any atom is -0.383 e. The Labute approximate surface area is 139 Å². The van der Waals surface area contributed by atoms with Crippen LogP contribution in [-0.2, 0) is 0 Å². The summed E-state index contributed by atoms with van der Waals surface area (Å²) >= 11 is 1.62. The topological polar surface area (TPSA) is 69.8 Å². The Balaban J connectivity index is 2.07. The average Bonchev–Trinajstić information content (AvgIpc) is 2.93. The van der Waals surface area contributed by atoms with Crippen molar-refractivity contribution in [2.24, 2.45) is 15.7 Å². The number of aliphatic imine (C=N–C) groups is 2. The first-order valence-electron chi connectivity index (χ1n) is 7.52. The van der Waals surface area contributed by atoms with Gasteiger partial charge in [-0.15, -0.1) is 0 Å². The number of aryl methyl sites for hydroxylation is 1. The van der Waals surface area contributed by atoms with E-state index in [2.05, 4.69) is 26.2 Å². The summed E-state index contributed by atoms with van der Waals surface area (Å²) in [6.07, 6.45) is 2.59. The number of nitrogens with one attached hydrogen (secondary N) is 1. The van der Waals surface area contributed by atoms with E-state index in [1.54, 1.807) is 19.0 Å². The maximum Gasteiger partial charge on any atom is 0.147 e. The molecule has 1 aromatic carbocycles. The van der Waals surface area contributed by atoms with Gasteiger partial charge in [-0.25, -0.2) is 13.7 Å². The fraction of sp³-hybridized carbons (Fsp3) is 0.375. The summed E-state index contributed by atoms with van der Waals surface area (Å²) < 4.78 is 16.6. The summed E-state index contributed by atoms with van der Waals surface area (Å²) in [5.41, 5.74) is 8.05. The van der Waals surface area contributed by atoms with Crippen LogP contribution in [0.2, 0.25) is 0 Å². The second-order valence-corrected chi connectivity index (χ2v) is 6.82. The fourth-order valence-electron chi connectivity index (χ4n) is 2.69. The van der Waals surface area contributed by atoms with Gasteiger partial charge in [-0.1, -0.05) is 0 Å². The first-order valence-corrected chi connectivity index (χ1v) is 8.29. The molecule has 1 aromatic heterocycles. The van der Waals surface area contributed by atoms with Crippen LogP contribution in [-0.4, -0.2) is 41.1 Å². The maximum atomic E-state index is 14.3. The Morgan fingerprint density at radius 1 is 1.52 bits per heavy atom. The summed E-state index contributed by atoms with van der Waals surface area (Å²) in [4.78, 5) is 11.1. The third-order valence-corrected chi connectivity index (χ3v) is 5.28. The van der Waals surface area contributed by atoms with E-state index in [9.17, 15) is 4.39 Å². The number of aromatic amines is 1. The molecule has 3 N–H and O–H groups in total. The lowest BCUT2D eigenvalue weighted by Crippen LogP contribution is -2.40. The van der Waals surface area contributed by atoms with Gasteiger partial charge < -0.3 is 10.7 Å². The SMILES string of the molecule is CN=CN=C(N)c1c(C)cc(F)c2[nH]c(SN3CCC3C)cc12. The third-order valence-electron chi connectivity index (χ3n) is 4.08. The largest absolute Gasteiger partial charge is 0.383 e. The van der Waals surface area contributed by atoms with Gasteiger partial charge in [0.1, 0.15) is 18.0 Å². The first kappa shape index (κ1) is 16.0. The molecular weight excluding hydrogens is 313 g/mol. The van der Waals surface area contributed by atoms with Crippen molar-refractivity contribution in [1.29, 1.82) is 0 Å². The molecule has 1 aliphatic rings. The Hall–Kier alpha value is -1.86. The molecule has 0 saturated carbocycles. The van der Waals surface area contributed by atoms with Crippen LogP contribution in [0.15, 0.2) is 27.1 Å². The quantitative estimate of drug-likeness (QED) is 0.513. The number of benzene rings is 1. The zero-order valence-corrected chi connectivity index (χ0v) is 14.2. The van der Waals surface area contributed by atoms with Crippen molar-refractivity contribution in [1.82, 2.24) is 9.29 Å². The number of amidine groups is 1. The van der Waals surface area contributed by atoms with Crippen molar-refractivity contribution in [3.63, 3.8) is 0 Å². The number of halogens is 1. The van der Waals surface area contributed by atoms with Crippen LogP contribution in [0.4, 0.5) is 4.39 Å². The highest BCUT2D eigenvalue weighted by Crippen LogP contribution is 2.35. The predicted octanol–water partition coefficient (Wildman–Crippen LogP) is 3.08. The van der Waals surface area contributed by atoms with Gasteiger partial charge in [0.25, 0.3) is 0 Å². The standard InChI is InChI=1S/C16H20FN5S/c1-9-6-12(17)15-11(14(9)16(18)20-8-19-3)7-13(21-15)23-22-5-4-10(22)2/h6-8,10,21H,4-5H2,1-3H3,(H2,18,19,20). The van der Waals surface area contributed by atoms with Crippen LogP contribution in [0.5, 0.6) is 0 Å². The first-order chi connectivity index (χ1) is 11.0. The molecule has 0 amide bonds. The minimum absolute atomic E-state index is 0.276. The Bertz CT molecular complexity index is 795. The Kier molecular flexibility index (Phi) is 4.41. The summed E-state index contributed by atoms with van der Waals surface area (Å²) in [7, 11) is 1.63. The lowest BCUT2D eigenvalue weighted by molar-refractivity contribution is 0.240. The van der Waals surface area contributed by atoms with Crippen LogP contribution in [0, 0.1) is 12.7 Å².